The Morgan fingerprint density at radius 3 is 2.05 bits per heavy atom. The second-order valence-electron chi connectivity index (χ2n) is 8.51. The lowest BCUT2D eigenvalue weighted by Crippen LogP contribution is -2.06. The SMILES string of the molecule is COc1cc(C=CC(=O)OCCc2ccc(OCc3ccccc3)c(OCc3ccccc3)c2)ccc1O. The molecule has 0 heterocycles. The van der Waals surface area contributed by atoms with Crippen molar-refractivity contribution in [1.29, 1.82) is 0 Å². The normalized spacial score (nSPS) is 10.8. The number of benzene rings is 4. The third-order valence-electron chi connectivity index (χ3n) is 5.73. The molecule has 38 heavy (non-hydrogen) atoms. The van der Waals surface area contributed by atoms with Crippen molar-refractivity contribution in [2.45, 2.75) is 19.6 Å². The van der Waals surface area contributed by atoms with E-state index in [0.29, 0.717) is 42.4 Å². The molecule has 0 amide bonds. The van der Waals surface area contributed by atoms with Crippen LogP contribution in [0.1, 0.15) is 22.3 Å². The second-order valence-corrected chi connectivity index (χ2v) is 8.51. The number of esters is 1. The van der Waals surface area contributed by atoms with Crippen LogP contribution < -0.4 is 14.2 Å². The minimum absolute atomic E-state index is 0.0378. The molecule has 6 nitrogen and oxygen atoms in total. The number of phenolic OH excluding ortho intramolecular Hbond substituents is 1. The predicted octanol–water partition coefficient (Wildman–Crippen LogP) is 6.36. The molecule has 0 aliphatic rings. The van der Waals surface area contributed by atoms with Crippen LogP contribution in [0.2, 0.25) is 0 Å². The summed E-state index contributed by atoms with van der Waals surface area (Å²) in [5.74, 6) is 1.20. The first-order valence-electron chi connectivity index (χ1n) is 12.3. The Balaban J connectivity index is 1.36. The molecule has 0 atom stereocenters. The first-order valence-corrected chi connectivity index (χ1v) is 12.3. The fourth-order valence-corrected chi connectivity index (χ4v) is 3.69. The van der Waals surface area contributed by atoms with Crippen LogP contribution in [-0.4, -0.2) is 24.8 Å². The second kappa shape index (κ2) is 13.6. The van der Waals surface area contributed by atoms with Gasteiger partial charge >= 0.3 is 5.97 Å². The number of hydrogen-bond donors (Lipinski definition) is 1. The Morgan fingerprint density at radius 1 is 0.737 bits per heavy atom. The van der Waals surface area contributed by atoms with E-state index in [1.165, 1.54) is 19.3 Å². The maximum Gasteiger partial charge on any atom is 0.330 e. The first-order chi connectivity index (χ1) is 18.6. The quantitative estimate of drug-likeness (QED) is 0.177. The lowest BCUT2D eigenvalue weighted by molar-refractivity contribution is -0.137. The average Bonchev–Trinajstić information content (AvgIpc) is 2.96. The highest BCUT2D eigenvalue weighted by Crippen LogP contribution is 2.30. The maximum absolute atomic E-state index is 12.2. The van der Waals surface area contributed by atoms with Crippen LogP contribution in [0.15, 0.2) is 103 Å². The fourth-order valence-electron chi connectivity index (χ4n) is 3.69. The maximum atomic E-state index is 12.2. The fraction of sp³-hybridized carbons (Fsp3) is 0.156. The smallest absolute Gasteiger partial charge is 0.330 e. The molecule has 4 rings (SSSR count). The predicted molar refractivity (Wildman–Crippen MR) is 146 cm³/mol. The van der Waals surface area contributed by atoms with Gasteiger partial charge in [-0.3, -0.25) is 0 Å². The van der Waals surface area contributed by atoms with Gasteiger partial charge in [0.05, 0.1) is 13.7 Å². The van der Waals surface area contributed by atoms with E-state index in [9.17, 15) is 9.90 Å². The lowest BCUT2D eigenvalue weighted by atomic mass is 10.1. The number of rotatable bonds is 12. The topological polar surface area (TPSA) is 74.2 Å². The minimum atomic E-state index is -0.458. The summed E-state index contributed by atoms with van der Waals surface area (Å²) in [5, 5.41) is 9.69. The van der Waals surface area contributed by atoms with Gasteiger partial charge in [-0.05, 0) is 52.6 Å². The Kier molecular flexibility index (Phi) is 9.40. The molecular formula is C32H30O6. The molecule has 0 aliphatic heterocycles. The van der Waals surface area contributed by atoms with Gasteiger partial charge in [0.2, 0.25) is 0 Å². The van der Waals surface area contributed by atoms with Crippen molar-refractivity contribution >= 4 is 12.0 Å². The van der Waals surface area contributed by atoms with Crippen molar-refractivity contribution < 1.29 is 28.8 Å². The van der Waals surface area contributed by atoms with Gasteiger partial charge < -0.3 is 24.1 Å². The molecule has 0 bridgehead atoms. The number of phenols is 1. The Labute approximate surface area is 222 Å². The van der Waals surface area contributed by atoms with Crippen LogP contribution in [0.5, 0.6) is 23.0 Å². The van der Waals surface area contributed by atoms with Gasteiger partial charge in [0.25, 0.3) is 0 Å². The molecule has 0 radical (unpaired) electrons. The van der Waals surface area contributed by atoms with Gasteiger partial charge in [0.1, 0.15) is 13.2 Å². The zero-order chi connectivity index (χ0) is 26.6. The third-order valence-corrected chi connectivity index (χ3v) is 5.73. The minimum Gasteiger partial charge on any atom is -0.504 e. The van der Waals surface area contributed by atoms with E-state index in [-0.39, 0.29) is 12.4 Å². The zero-order valence-corrected chi connectivity index (χ0v) is 21.2. The Morgan fingerprint density at radius 2 is 1.39 bits per heavy atom. The summed E-state index contributed by atoms with van der Waals surface area (Å²) in [7, 11) is 1.47. The largest absolute Gasteiger partial charge is 0.504 e. The van der Waals surface area contributed by atoms with Gasteiger partial charge in [-0.1, -0.05) is 72.8 Å². The van der Waals surface area contributed by atoms with Crippen molar-refractivity contribution in [3.8, 4) is 23.0 Å². The number of carbonyl (C=O) groups is 1. The summed E-state index contributed by atoms with van der Waals surface area (Å²) in [6.07, 6.45) is 3.48. The molecule has 1 N–H and O–H groups in total. The van der Waals surface area contributed by atoms with Crippen molar-refractivity contribution in [3.05, 3.63) is 125 Å². The molecule has 194 valence electrons. The van der Waals surface area contributed by atoms with Gasteiger partial charge in [0.15, 0.2) is 23.0 Å². The highest BCUT2D eigenvalue weighted by atomic mass is 16.5. The lowest BCUT2D eigenvalue weighted by Gasteiger charge is -2.15. The van der Waals surface area contributed by atoms with Gasteiger partial charge in [-0.25, -0.2) is 4.79 Å². The van der Waals surface area contributed by atoms with Crippen LogP contribution in [0.4, 0.5) is 0 Å². The summed E-state index contributed by atoms with van der Waals surface area (Å²) >= 11 is 0. The molecule has 0 aliphatic carbocycles. The Hall–Kier alpha value is -4.71. The summed E-state index contributed by atoms with van der Waals surface area (Å²) in [5.41, 5.74) is 3.79. The van der Waals surface area contributed by atoms with Gasteiger partial charge in [-0.2, -0.15) is 0 Å². The van der Waals surface area contributed by atoms with Crippen molar-refractivity contribution in [3.63, 3.8) is 0 Å². The van der Waals surface area contributed by atoms with Crippen molar-refractivity contribution in [2.75, 3.05) is 13.7 Å². The van der Waals surface area contributed by atoms with E-state index in [2.05, 4.69) is 0 Å². The van der Waals surface area contributed by atoms with Gasteiger partial charge in [0, 0.05) is 12.5 Å². The standard InChI is InChI=1S/C32H30O6/c1-35-30-20-24(12-15-28(30)33)14-17-32(34)36-19-18-25-13-16-29(37-22-26-8-4-2-5-9-26)31(21-25)38-23-27-10-6-3-7-11-27/h2-17,20-21,33H,18-19,22-23H2,1H3. The zero-order valence-electron chi connectivity index (χ0n) is 21.2. The molecule has 4 aromatic carbocycles. The summed E-state index contributed by atoms with van der Waals surface area (Å²) in [4.78, 5) is 12.2. The van der Waals surface area contributed by atoms with E-state index >= 15 is 0 Å². The summed E-state index contributed by atoms with van der Waals surface area (Å²) in [6, 6.07) is 30.5. The molecule has 0 saturated carbocycles. The average molecular weight is 511 g/mol. The van der Waals surface area contributed by atoms with Crippen LogP contribution >= 0.6 is 0 Å². The van der Waals surface area contributed by atoms with Gasteiger partial charge in [-0.15, -0.1) is 0 Å². The number of aromatic hydroxyl groups is 1. The van der Waals surface area contributed by atoms with Crippen molar-refractivity contribution in [1.82, 2.24) is 0 Å². The number of ether oxygens (including phenoxy) is 4. The number of carbonyl (C=O) groups excluding carboxylic acids is 1. The molecule has 4 aromatic rings. The van der Waals surface area contributed by atoms with E-state index in [4.69, 9.17) is 18.9 Å². The van der Waals surface area contributed by atoms with Crippen LogP contribution in [0.3, 0.4) is 0 Å². The van der Waals surface area contributed by atoms with Crippen molar-refractivity contribution in [2.24, 2.45) is 0 Å². The number of methoxy groups -OCH3 is 1. The summed E-state index contributed by atoms with van der Waals surface area (Å²) in [6.45, 7) is 1.05. The highest BCUT2D eigenvalue weighted by molar-refractivity contribution is 5.87. The van der Waals surface area contributed by atoms with E-state index in [1.54, 1.807) is 18.2 Å². The highest BCUT2D eigenvalue weighted by Gasteiger charge is 2.09. The molecule has 0 unspecified atom stereocenters. The van der Waals surface area contributed by atoms with E-state index in [0.717, 1.165) is 16.7 Å². The van der Waals surface area contributed by atoms with Crippen LogP contribution in [-0.2, 0) is 29.2 Å². The van der Waals surface area contributed by atoms with Crippen LogP contribution in [0, 0.1) is 0 Å². The van der Waals surface area contributed by atoms with E-state index in [1.807, 2.05) is 78.9 Å². The van der Waals surface area contributed by atoms with E-state index < -0.39 is 5.97 Å². The number of hydrogen-bond acceptors (Lipinski definition) is 6. The monoisotopic (exact) mass is 510 g/mol. The molecule has 6 heteroatoms. The molecule has 0 saturated heterocycles. The van der Waals surface area contributed by atoms with Crippen LogP contribution in [0.25, 0.3) is 6.08 Å². The molecule has 0 fully saturated rings. The summed E-state index contributed by atoms with van der Waals surface area (Å²) < 4.78 is 22.6. The molecular weight excluding hydrogens is 480 g/mol. The Bertz CT molecular complexity index is 1350. The molecule has 0 aromatic heterocycles. The molecule has 0 spiro atoms. The third kappa shape index (κ3) is 7.90. The first kappa shape index (κ1) is 26.4.